The van der Waals surface area contributed by atoms with Crippen molar-refractivity contribution in [1.82, 2.24) is 9.62 Å². The van der Waals surface area contributed by atoms with E-state index in [1.807, 2.05) is 6.92 Å². The topological polar surface area (TPSA) is 122 Å². The van der Waals surface area contributed by atoms with Gasteiger partial charge < -0.3 is 10.1 Å². The van der Waals surface area contributed by atoms with Gasteiger partial charge in [0.2, 0.25) is 10.0 Å². The van der Waals surface area contributed by atoms with E-state index in [1.165, 1.54) is 39.9 Å². The highest BCUT2D eigenvalue weighted by Gasteiger charge is 2.31. The molecule has 3 rings (SSSR count). The first-order valence-electron chi connectivity index (χ1n) is 10.5. The van der Waals surface area contributed by atoms with E-state index in [0.717, 1.165) is 31.2 Å². The average molecular weight is 494 g/mol. The number of benzene rings is 1. The Balaban J connectivity index is 1.80. The lowest BCUT2D eigenvalue weighted by Gasteiger charge is -2.32. The zero-order valence-electron chi connectivity index (χ0n) is 18.9. The Bertz CT molecular complexity index is 1170. The third-order valence-electron chi connectivity index (χ3n) is 5.71. The van der Waals surface area contributed by atoms with E-state index < -0.39 is 27.9 Å². The molecule has 33 heavy (non-hydrogen) atoms. The van der Waals surface area contributed by atoms with Crippen molar-refractivity contribution in [2.75, 3.05) is 19.0 Å². The molecule has 0 aliphatic carbocycles. The van der Waals surface area contributed by atoms with Crippen LogP contribution in [0.25, 0.3) is 0 Å². The van der Waals surface area contributed by atoms with Crippen LogP contribution in [0.4, 0.5) is 9.80 Å². The van der Waals surface area contributed by atoms with Crippen molar-refractivity contribution in [3.8, 4) is 0 Å². The van der Waals surface area contributed by atoms with Crippen molar-refractivity contribution in [2.24, 2.45) is 0 Å². The zero-order valence-corrected chi connectivity index (χ0v) is 20.6. The summed E-state index contributed by atoms with van der Waals surface area (Å²) in [5.41, 5.74) is 1.05. The summed E-state index contributed by atoms with van der Waals surface area (Å²) in [4.78, 5) is 37.7. The van der Waals surface area contributed by atoms with Crippen molar-refractivity contribution >= 4 is 44.3 Å². The number of hydrogen-bond acceptors (Lipinski definition) is 7. The zero-order chi connectivity index (χ0) is 24.3. The number of nitrogens with one attached hydrogen (secondary N) is 2. The summed E-state index contributed by atoms with van der Waals surface area (Å²) in [6.45, 7) is 5.90. The maximum Gasteiger partial charge on any atom is 0.413 e. The normalized spacial score (nSPS) is 16.8. The van der Waals surface area contributed by atoms with Gasteiger partial charge >= 0.3 is 6.09 Å². The SMILES string of the molecule is COC(=O)NC(=O)c1c(NC(=O)c2ccc(S(=O)(=O)N3CCCCC3C)cc2)sc(C)c1C. The molecule has 1 aromatic heterocycles. The second kappa shape index (κ2) is 10.0. The quantitative estimate of drug-likeness (QED) is 0.655. The molecular formula is C22H27N3O6S2. The van der Waals surface area contributed by atoms with Crippen LogP contribution < -0.4 is 10.6 Å². The van der Waals surface area contributed by atoms with Crippen LogP contribution in [0.1, 0.15) is 57.3 Å². The van der Waals surface area contributed by atoms with Gasteiger partial charge in [0, 0.05) is 23.0 Å². The first-order chi connectivity index (χ1) is 15.6. The lowest BCUT2D eigenvalue weighted by atomic mass is 10.1. The molecule has 3 amide bonds. The third-order valence-corrected chi connectivity index (χ3v) is 8.86. The molecule has 178 valence electrons. The Morgan fingerprint density at radius 3 is 2.36 bits per heavy atom. The number of thiophene rings is 1. The monoisotopic (exact) mass is 493 g/mol. The molecule has 1 unspecified atom stereocenters. The maximum absolute atomic E-state index is 13.0. The van der Waals surface area contributed by atoms with Gasteiger partial charge in [-0.2, -0.15) is 4.31 Å². The number of piperidine rings is 1. The molecule has 1 atom stereocenters. The van der Waals surface area contributed by atoms with E-state index >= 15 is 0 Å². The van der Waals surface area contributed by atoms with Crippen LogP contribution in [0, 0.1) is 13.8 Å². The number of rotatable bonds is 5. The molecule has 1 aliphatic rings. The molecule has 1 fully saturated rings. The van der Waals surface area contributed by atoms with Crippen LogP contribution >= 0.6 is 11.3 Å². The van der Waals surface area contributed by atoms with Gasteiger partial charge in [0.05, 0.1) is 17.6 Å². The third kappa shape index (κ3) is 5.26. The Kier molecular flexibility index (Phi) is 7.55. The number of amides is 3. The van der Waals surface area contributed by atoms with Crippen LogP contribution in [0.2, 0.25) is 0 Å². The average Bonchev–Trinajstić information content (AvgIpc) is 3.06. The molecule has 0 saturated carbocycles. The molecule has 2 aromatic rings. The van der Waals surface area contributed by atoms with Crippen molar-refractivity contribution < 1.29 is 27.5 Å². The van der Waals surface area contributed by atoms with Crippen LogP contribution in [0.15, 0.2) is 29.2 Å². The number of nitrogens with zero attached hydrogens (tertiary/aromatic N) is 1. The van der Waals surface area contributed by atoms with E-state index in [9.17, 15) is 22.8 Å². The van der Waals surface area contributed by atoms with Gasteiger partial charge in [-0.25, -0.2) is 13.2 Å². The summed E-state index contributed by atoms with van der Waals surface area (Å²) in [6.07, 6.45) is 1.76. The van der Waals surface area contributed by atoms with Gasteiger partial charge in [-0.3, -0.25) is 14.9 Å². The molecule has 0 spiro atoms. The van der Waals surface area contributed by atoms with Gasteiger partial charge in [0.15, 0.2) is 0 Å². The van der Waals surface area contributed by atoms with Crippen LogP contribution in [0.5, 0.6) is 0 Å². The highest BCUT2D eigenvalue weighted by Crippen LogP contribution is 2.33. The molecule has 2 N–H and O–H groups in total. The largest absolute Gasteiger partial charge is 0.453 e. The summed E-state index contributed by atoms with van der Waals surface area (Å²) in [5, 5.41) is 5.08. The van der Waals surface area contributed by atoms with Crippen molar-refractivity contribution in [3.63, 3.8) is 0 Å². The number of methoxy groups -OCH3 is 1. The molecule has 0 radical (unpaired) electrons. The second-order valence-corrected chi connectivity index (χ2v) is 11.0. The fourth-order valence-corrected chi connectivity index (χ4v) is 6.46. The number of carbonyl (C=O) groups excluding carboxylic acids is 3. The standard InChI is InChI=1S/C22H27N3O6S2/c1-13-7-5-6-12-25(13)33(29,30)17-10-8-16(9-11-17)19(26)23-21-18(14(2)15(3)32-21)20(27)24-22(28)31-4/h8-11,13H,5-7,12H2,1-4H3,(H,23,26)(H,24,27,28). The number of ether oxygens (including phenoxy) is 1. The number of sulfonamides is 1. The molecule has 1 aromatic carbocycles. The van der Waals surface area contributed by atoms with Gasteiger partial charge in [-0.05, 0) is 63.4 Å². The van der Waals surface area contributed by atoms with Gasteiger partial charge in [0.25, 0.3) is 11.8 Å². The minimum Gasteiger partial charge on any atom is -0.453 e. The lowest BCUT2D eigenvalue weighted by molar-refractivity contribution is 0.0937. The van der Waals surface area contributed by atoms with Crippen molar-refractivity contribution in [2.45, 2.75) is 51.0 Å². The molecule has 1 aliphatic heterocycles. The highest BCUT2D eigenvalue weighted by atomic mass is 32.2. The van der Waals surface area contributed by atoms with E-state index in [-0.39, 0.29) is 27.1 Å². The Hall–Kier alpha value is -2.76. The van der Waals surface area contributed by atoms with Gasteiger partial charge in [0.1, 0.15) is 5.00 Å². The van der Waals surface area contributed by atoms with E-state index in [1.54, 1.807) is 13.8 Å². The molecule has 11 heteroatoms. The minimum absolute atomic E-state index is 0.0633. The molecular weight excluding hydrogens is 466 g/mol. The van der Waals surface area contributed by atoms with E-state index in [2.05, 4.69) is 15.4 Å². The minimum atomic E-state index is -3.64. The number of hydrogen-bond donors (Lipinski definition) is 2. The second-order valence-electron chi connectivity index (χ2n) is 7.87. The fourth-order valence-electron chi connectivity index (χ4n) is 3.71. The maximum atomic E-state index is 13.0. The predicted octanol–water partition coefficient (Wildman–Crippen LogP) is 3.68. The summed E-state index contributed by atoms with van der Waals surface area (Å²) in [7, 11) is -2.49. The van der Waals surface area contributed by atoms with E-state index in [0.29, 0.717) is 12.1 Å². The van der Waals surface area contributed by atoms with Crippen LogP contribution in [0.3, 0.4) is 0 Å². The number of anilines is 1. The first kappa shape index (κ1) is 24.9. The Morgan fingerprint density at radius 2 is 1.76 bits per heavy atom. The summed E-state index contributed by atoms with van der Waals surface area (Å²) in [5.74, 6) is -1.19. The number of aryl methyl sites for hydroxylation is 1. The summed E-state index contributed by atoms with van der Waals surface area (Å²) >= 11 is 1.21. The smallest absolute Gasteiger partial charge is 0.413 e. The molecule has 1 saturated heterocycles. The molecule has 0 bridgehead atoms. The summed E-state index contributed by atoms with van der Waals surface area (Å²) in [6, 6.07) is 5.66. The Labute approximate surface area is 197 Å². The predicted molar refractivity (Wildman–Crippen MR) is 125 cm³/mol. The summed E-state index contributed by atoms with van der Waals surface area (Å²) < 4.78 is 31.9. The van der Waals surface area contributed by atoms with Crippen LogP contribution in [-0.2, 0) is 14.8 Å². The van der Waals surface area contributed by atoms with Crippen molar-refractivity contribution in [3.05, 3.63) is 45.8 Å². The van der Waals surface area contributed by atoms with E-state index in [4.69, 9.17) is 0 Å². The van der Waals surface area contributed by atoms with Gasteiger partial charge in [-0.15, -0.1) is 11.3 Å². The molecule has 9 nitrogen and oxygen atoms in total. The number of carbonyl (C=O) groups is 3. The number of alkyl carbamates (subject to hydrolysis) is 1. The first-order valence-corrected chi connectivity index (χ1v) is 12.7. The van der Waals surface area contributed by atoms with Crippen LogP contribution in [-0.4, -0.2) is 50.3 Å². The Morgan fingerprint density at radius 1 is 1.09 bits per heavy atom. The molecule has 2 heterocycles. The fraction of sp³-hybridized carbons (Fsp3) is 0.409. The lowest BCUT2D eigenvalue weighted by Crippen LogP contribution is -2.41. The van der Waals surface area contributed by atoms with Crippen molar-refractivity contribution in [1.29, 1.82) is 0 Å². The van der Waals surface area contributed by atoms with Gasteiger partial charge in [-0.1, -0.05) is 6.42 Å². The number of imide groups is 1. The highest BCUT2D eigenvalue weighted by molar-refractivity contribution is 7.89.